The summed E-state index contributed by atoms with van der Waals surface area (Å²) in [6.07, 6.45) is -2.03. The molecule has 0 spiro atoms. The summed E-state index contributed by atoms with van der Waals surface area (Å²) in [5.74, 6) is -7.14. The van der Waals surface area contributed by atoms with Crippen molar-refractivity contribution in [1.29, 1.82) is 0 Å². The first kappa shape index (κ1) is 27.2. The summed E-state index contributed by atoms with van der Waals surface area (Å²) >= 11 is 0. The second-order valence-electron chi connectivity index (χ2n) is 6.45. The van der Waals surface area contributed by atoms with Gasteiger partial charge in [0.05, 0.1) is 19.0 Å². The lowest BCUT2D eigenvalue weighted by Gasteiger charge is -2.21. The van der Waals surface area contributed by atoms with E-state index in [1.807, 2.05) is 0 Å². The fourth-order valence-electron chi connectivity index (χ4n) is 2.21. The zero-order valence-electron chi connectivity index (χ0n) is 16.5. The maximum Gasteiger partial charge on any atom is 0.326 e. The Balaban J connectivity index is 5.01. The molecule has 15 nitrogen and oxygen atoms in total. The van der Waals surface area contributed by atoms with Gasteiger partial charge in [0, 0.05) is 12.8 Å². The number of carbonyl (C=O) groups excluding carboxylic acids is 5. The summed E-state index contributed by atoms with van der Waals surface area (Å²) in [6, 6.07) is -4.25. The van der Waals surface area contributed by atoms with Crippen LogP contribution in [0, 0.1) is 0 Å². The molecular formula is C16H26N6O9. The molecule has 31 heavy (non-hydrogen) atoms. The van der Waals surface area contributed by atoms with Crippen LogP contribution in [0.25, 0.3) is 0 Å². The molecule has 0 fully saturated rings. The Bertz CT molecular complexity index is 726. The zero-order valence-corrected chi connectivity index (χ0v) is 16.5. The van der Waals surface area contributed by atoms with E-state index in [0.717, 1.165) is 0 Å². The largest absolute Gasteiger partial charge is 0.481 e. The standard InChI is InChI=1S/C16H26N6O9/c17-7(5-11(19)24)14(28)20-6-12(25)21-8(2-4-13(26)27)15(29)22-9(16(30)31)1-3-10(18)23/h7-9H,1-6,17H2,(H2,18,23)(H2,19,24)(H,20,28)(H,21,25)(H,22,29)(H,26,27)(H,30,31). The number of hydrogen-bond acceptors (Lipinski definition) is 8. The molecule has 3 atom stereocenters. The topological polar surface area (TPSA) is 274 Å². The van der Waals surface area contributed by atoms with Crippen molar-refractivity contribution >= 4 is 41.5 Å². The fraction of sp³-hybridized carbons (Fsp3) is 0.562. The molecule has 0 heterocycles. The smallest absolute Gasteiger partial charge is 0.326 e. The van der Waals surface area contributed by atoms with Crippen molar-refractivity contribution in [1.82, 2.24) is 16.0 Å². The van der Waals surface area contributed by atoms with Gasteiger partial charge in [-0.1, -0.05) is 0 Å². The molecule has 0 bridgehead atoms. The summed E-state index contributed by atoms with van der Waals surface area (Å²) in [4.78, 5) is 79.7. The van der Waals surface area contributed by atoms with Gasteiger partial charge in [-0.25, -0.2) is 4.79 Å². The van der Waals surface area contributed by atoms with Crippen molar-refractivity contribution in [2.75, 3.05) is 6.54 Å². The van der Waals surface area contributed by atoms with Crippen LogP contribution in [-0.4, -0.2) is 76.4 Å². The Hall–Kier alpha value is -3.75. The molecule has 0 saturated carbocycles. The summed E-state index contributed by atoms with van der Waals surface area (Å²) in [7, 11) is 0. The van der Waals surface area contributed by atoms with E-state index in [0.29, 0.717) is 0 Å². The number of carboxylic acid groups (broad SMARTS) is 2. The Labute approximate surface area is 176 Å². The highest BCUT2D eigenvalue weighted by atomic mass is 16.4. The number of rotatable bonds is 15. The number of nitrogens with one attached hydrogen (secondary N) is 3. The molecular weight excluding hydrogens is 420 g/mol. The number of aliphatic carboxylic acids is 2. The number of amides is 5. The van der Waals surface area contributed by atoms with Gasteiger partial charge in [0.2, 0.25) is 29.5 Å². The predicted octanol–water partition coefficient (Wildman–Crippen LogP) is -4.51. The van der Waals surface area contributed by atoms with Crippen molar-refractivity contribution < 1.29 is 43.8 Å². The Morgan fingerprint density at radius 3 is 1.84 bits per heavy atom. The van der Waals surface area contributed by atoms with Crippen LogP contribution in [-0.2, 0) is 33.6 Å². The molecule has 0 rings (SSSR count). The molecule has 5 amide bonds. The SMILES string of the molecule is NC(=O)CCC(NC(=O)C(CCC(=O)O)NC(=O)CNC(=O)C(N)CC(N)=O)C(=O)O. The van der Waals surface area contributed by atoms with Crippen LogP contribution in [0.3, 0.4) is 0 Å². The lowest BCUT2D eigenvalue weighted by Crippen LogP contribution is -2.54. The lowest BCUT2D eigenvalue weighted by molar-refractivity contribution is -0.143. The third kappa shape index (κ3) is 12.4. The van der Waals surface area contributed by atoms with Gasteiger partial charge in [-0.2, -0.15) is 0 Å². The van der Waals surface area contributed by atoms with E-state index in [1.165, 1.54) is 0 Å². The van der Waals surface area contributed by atoms with Crippen LogP contribution in [0.2, 0.25) is 0 Å². The minimum Gasteiger partial charge on any atom is -0.481 e. The molecule has 0 aromatic heterocycles. The normalized spacial score (nSPS) is 13.2. The van der Waals surface area contributed by atoms with E-state index in [9.17, 15) is 33.6 Å². The summed E-state index contributed by atoms with van der Waals surface area (Å²) in [6.45, 7) is -0.661. The van der Waals surface area contributed by atoms with Crippen molar-refractivity contribution in [2.24, 2.45) is 17.2 Å². The molecule has 0 aliphatic rings. The van der Waals surface area contributed by atoms with E-state index in [2.05, 4.69) is 16.0 Å². The average molecular weight is 446 g/mol. The van der Waals surface area contributed by atoms with Gasteiger partial charge in [-0.05, 0) is 12.8 Å². The van der Waals surface area contributed by atoms with E-state index < -0.39 is 79.0 Å². The lowest BCUT2D eigenvalue weighted by atomic mass is 10.1. The highest BCUT2D eigenvalue weighted by Gasteiger charge is 2.27. The molecule has 0 saturated heterocycles. The van der Waals surface area contributed by atoms with Gasteiger partial charge in [-0.15, -0.1) is 0 Å². The van der Waals surface area contributed by atoms with E-state index in [-0.39, 0.29) is 19.3 Å². The van der Waals surface area contributed by atoms with Gasteiger partial charge in [0.15, 0.2) is 0 Å². The van der Waals surface area contributed by atoms with Gasteiger partial charge in [0.25, 0.3) is 0 Å². The maximum atomic E-state index is 12.4. The first-order valence-electron chi connectivity index (χ1n) is 8.97. The predicted molar refractivity (Wildman–Crippen MR) is 102 cm³/mol. The second-order valence-corrected chi connectivity index (χ2v) is 6.45. The quantitative estimate of drug-likeness (QED) is 0.119. The van der Waals surface area contributed by atoms with Gasteiger partial charge in [-0.3, -0.25) is 28.8 Å². The number of hydrogen-bond donors (Lipinski definition) is 8. The number of nitrogens with two attached hydrogens (primary N) is 3. The fourth-order valence-corrected chi connectivity index (χ4v) is 2.21. The van der Waals surface area contributed by atoms with Crippen molar-refractivity contribution in [3.8, 4) is 0 Å². The van der Waals surface area contributed by atoms with Crippen LogP contribution in [0.15, 0.2) is 0 Å². The molecule has 174 valence electrons. The van der Waals surface area contributed by atoms with Crippen molar-refractivity contribution in [2.45, 2.75) is 50.2 Å². The Kier molecular flexibility index (Phi) is 11.8. The molecule has 0 aromatic rings. The monoisotopic (exact) mass is 446 g/mol. The molecule has 3 unspecified atom stereocenters. The minimum atomic E-state index is -1.50. The van der Waals surface area contributed by atoms with Crippen LogP contribution in [0.5, 0.6) is 0 Å². The van der Waals surface area contributed by atoms with E-state index >= 15 is 0 Å². The van der Waals surface area contributed by atoms with E-state index in [4.69, 9.17) is 27.4 Å². The zero-order chi connectivity index (χ0) is 24.1. The summed E-state index contributed by atoms with van der Waals surface area (Å²) < 4.78 is 0. The summed E-state index contributed by atoms with van der Waals surface area (Å²) in [5, 5.41) is 24.3. The molecule has 0 aliphatic carbocycles. The van der Waals surface area contributed by atoms with Crippen molar-refractivity contribution in [3.63, 3.8) is 0 Å². The summed E-state index contributed by atoms with van der Waals surface area (Å²) in [5.41, 5.74) is 15.3. The van der Waals surface area contributed by atoms with Gasteiger partial charge in [0.1, 0.15) is 12.1 Å². The molecule has 15 heteroatoms. The third-order valence-electron chi connectivity index (χ3n) is 3.77. The maximum absolute atomic E-state index is 12.4. The molecule has 11 N–H and O–H groups in total. The molecule has 0 radical (unpaired) electrons. The minimum absolute atomic E-state index is 0.316. The van der Waals surface area contributed by atoms with Crippen LogP contribution >= 0.6 is 0 Å². The molecule has 0 aliphatic heterocycles. The van der Waals surface area contributed by atoms with Crippen LogP contribution in [0.4, 0.5) is 0 Å². The highest BCUT2D eigenvalue weighted by molar-refractivity contribution is 5.93. The average Bonchev–Trinajstić information content (AvgIpc) is 2.64. The van der Waals surface area contributed by atoms with Crippen LogP contribution < -0.4 is 33.2 Å². The van der Waals surface area contributed by atoms with Crippen LogP contribution in [0.1, 0.15) is 32.1 Å². The van der Waals surface area contributed by atoms with Gasteiger partial charge >= 0.3 is 11.9 Å². The number of carbonyl (C=O) groups is 7. The third-order valence-corrected chi connectivity index (χ3v) is 3.77. The number of primary amides is 2. The number of carboxylic acids is 2. The van der Waals surface area contributed by atoms with E-state index in [1.54, 1.807) is 0 Å². The van der Waals surface area contributed by atoms with Gasteiger partial charge < -0.3 is 43.4 Å². The first-order chi connectivity index (χ1) is 14.3. The second kappa shape index (κ2) is 13.5. The highest BCUT2D eigenvalue weighted by Crippen LogP contribution is 2.03. The van der Waals surface area contributed by atoms with Crippen molar-refractivity contribution in [3.05, 3.63) is 0 Å². The molecule has 0 aromatic carbocycles. The Morgan fingerprint density at radius 2 is 1.35 bits per heavy atom. The first-order valence-corrected chi connectivity index (χ1v) is 8.97. The Morgan fingerprint density at radius 1 is 0.774 bits per heavy atom.